The van der Waals surface area contributed by atoms with E-state index in [9.17, 15) is 4.79 Å². The average molecular weight is 113 g/mol. The van der Waals surface area contributed by atoms with Crippen LogP contribution in [0.3, 0.4) is 0 Å². The van der Waals surface area contributed by atoms with Gasteiger partial charge in [0.1, 0.15) is 5.69 Å². The van der Waals surface area contributed by atoms with Gasteiger partial charge < -0.3 is 10.8 Å². The van der Waals surface area contributed by atoms with Gasteiger partial charge in [-0.05, 0) is 0 Å². The molecule has 0 spiro atoms. The van der Waals surface area contributed by atoms with Gasteiger partial charge in [-0.25, -0.2) is 5.41 Å². The molecule has 0 unspecified atom stereocenters. The van der Waals surface area contributed by atoms with E-state index in [-0.39, 0.29) is 16.8 Å². The molecule has 0 fully saturated rings. The summed E-state index contributed by atoms with van der Waals surface area (Å²) < 4.78 is 0. The standard InChI is InChI=1S/C4H4N2O2/c5-1-3(7)2(6)4(1)8/h5,7H,6H2/p+1. The van der Waals surface area contributed by atoms with E-state index in [1.807, 2.05) is 0 Å². The van der Waals surface area contributed by atoms with Gasteiger partial charge in [-0.2, -0.15) is 0 Å². The highest BCUT2D eigenvalue weighted by atomic mass is 16.3. The van der Waals surface area contributed by atoms with Crippen LogP contribution in [0.4, 0.5) is 5.69 Å². The molecule has 0 aliphatic carbocycles. The van der Waals surface area contributed by atoms with Gasteiger partial charge in [0, 0.05) is 0 Å². The van der Waals surface area contributed by atoms with Crippen molar-refractivity contribution in [3.05, 3.63) is 15.6 Å². The third-order valence-electron chi connectivity index (χ3n) is 0.999. The third-order valence-corrected chi connectivity index (χ3v) is 0.999. The van der Waals surface area contributed by atoms with Gasteiger partial charge in [-0.1, -0.05) is 0 Å². The van der Waals surface area contributed by atoms with Crippen molar-refractivity contribution in [2.45, 2.75) is 0 Å². The van der Waals surface area contributed by atoms with Gasteiger partial charge in [0.05, 0.1) is 0 Å². The van der Waals surface area contributed by atoms with Gasteiger partial charge in [0.2, 0.25) is 5.75 Å². The van der Waals surface area contributed by atoms with Crippen molar-refractivity contribution in [3.8, 4) is 5.75 Å². The average Bonchev–Trinajstić information content (AvgIpc) is 1.83. The number of hydrogen-bond donors (Lipinski definition) is 3. The first-order chi connectivity index (χ1) is 3.64. The van der Waals surface area contributed by atoms with Gasteiger partial charge in [-0.15, -0.1) is 0 Å². The van der Waals surface area contributed by atoms with Crippen molar-refractivity contribution in [1.29, 1.82) is 0 Å². The molecule has 0 amide bonds. The molecule has 0 bridgehead atoms. The zero-order chi connectivity index (χ0) is 6.31. The highest BCUT2D eigenvalue weighted by Gasteiger charge is 2.16. The first kappa shape index (κ1) is 4.83. The molecule has 0 atom stereocenters. The maximum atomic E-state index is 10.3. The molecule has 0 aliphatic heterocycles. The molecule has 4 heteroatoms. The van der Waals surface area contributed by atoms with Crippen molar-refractivity contribution < 1.29 is 10.5 Å². The summed E-state index contributed by atoms with van der Waals surface area (Å²) in [6.45, 7) is 0. The van der Waals surface area contributed by atoms with E-state index in [1.165, 1.54) is 0 Å². The summed E-state index contributed by atoms with van der Waals surface area (Å²) in [7, 11) is 0. The maximum absolute atomic E-state index is 10.3. The van der Waals surface area contributed by atoms with Crippen molar-refractivity contribution in [2.75, 3.05) is 5.73 Å². The fraction of sp³-hybridized carbons (Fsp3) is 0. The van der Waals surface area contributed by atoms with Crippen LogP contribution in [0.5, 0.6) is 5.75 Å². The largest absolute Gasteiger partial charge is 0.501 e. The number of rotatable bonds is 0. The summed E-state index contributed by atoms with van der Waals surface area (Å²) in [5, 5.41) is 13.3. The Morgan fingerprint density at radius 3 is 2.25 bits per heavy atom. The normalized spacial score (nSPS) is 10.0. The highest BCUT2D eigenvalue weighted by molar-refractivity contribution is 5.55. The lowest BCUT2D eigenvalue weighted by Crippen LogP contribution is -2.57. The van der Waals surface area contributed by atoms with E-state index in [2.05, 4.69) is 0 Å². The van der Waals surface area contributed by atoms with Gasteiger partial charge in [0.25, 0.3) is 10.8 Å². The predicted molar refractivity (Wildman–Crippen MR) is 26.2 cm³/mol. The van der Waals surface area contributed by atoms with Crippen molar-refractivity contribution in [2.24, 2.45) is 0 Å². The van der Waals surface area contributed by atoms with Crippen LogP contribution in [0.2, 0.25) is 0 Å². The lowest BCUT2D eigenvalue weighted by atomic mass is 10.2. The molecule has 1 aromatic rings. The van der Waals surface area contributed by atoms with E-state index in [1.54, 1.807) is 0 Å². The number of nitrogens with two attached hydrogens (primary N) is 2. The first-order valence-electron chi connectivity index (χ1n) is 2.01. The molecule has 4 nitrogen and oxygen atoms in total. The lowest BCUT2D eigenvalue weighted by molar-refractivity contribution is -0.177. The summed E-state index contributed by atoms with van der Waals surface area (Å²) in [5.41, 5.74) is 4.34. The topological polar surface area (TPSA) is 88.9 Å². The van der Waals surface area contributed by atoms with E-state index in [4.69, 9.17) is 16.2 Å². The summed E-state index contributed by atoms with van der Waals surface area (Å²) >= 11 is 0. The second kappa shape index (κ2) is 1.09. The Morgan fingerprint density at radius 2 is 2.12 bits per heavy atom. The molecular formula is C4H5N2O2+. The molecule has 8 heavy (non-hydrogen) atoms. The molecule has 0 heterocycles. The lowest BCUT2D eigenvalue weighted by Gasteiger charge is -1.92. The van der Waals surface area contributed by atoms with E-state index >= 15 is 0 Å². The maximum Gasteiger partial charge on any atom is 0.291 e. The monoisotopic (exact) mass is 113 g/mol. The fourth-order valence-electron chi connectivity index (χ4n) is 0.443. The molecule has 0 saturated carbocycles. The Balaban J connectivity index is 3.48. The molecule has 0 radical (unpaired) electrons. The minimum absolute atomic E-state index is 0.137. The van der Waals surface area contributed by atoms with Gasteiger partial charge in [0.15, 0.2) is 0 Å². The highest BCUT2D eigenvalue weighted by Crippen LogP contribution is 2.06. The van der Waals surface area contributed by atoms with Crippen LogP contribution < -0.4 is 21.9 Å². The van der Waals surface area contributed by atoms with E-state index in [0.29, 0.717) is 0 Å². The Kier molecular flexibility index (Phi) is 0.658. The SMILES string of the molecule is Nc1c(O)c(=[NH2+])c1=O. The number of hydrogen-bond acceptors (Lipinski definition) is 3. The van der Waals surface area contributed by atoms with E-state index < -0.39 is 5.43 Å². The molecular weight excluding hydrogens is 108 g/mol. The van der Waals surface area contributed by atoms with Crippen molar-refractivity contribution >= 4 is 5.69 Å². The molecule has 42 valence electrons. The van der Waals surface area contributed by atoms with Crippen LogP contribution in [0.25, 0.3) is 0 Å². The molecule has 1 rings (SSSR count). The fourth-order valence-corrected chi connectivity index (χ4v) is 0.443. The third kappa shape index (κ3) is 0.294. The molecule has 1 aromatic carbocycles. The Labute approximate surface area is 44.4 Å². The zero-order valence-electron chi connectivity index (χ0n) is 4.01. The van der Waals surface area contributed by atoms with E-state index in [0.717, 1.165) is 0 Å². The molecule has 0 aliphatic rings. The molecule has 0 saturated heterocycles. The Morgan fingerprint density at radius 1 is 1.62 bits per heavy atom. The molecule has 0 aromatic heterocycles. The van der Waals surface area contributed by atoms with Crippen LogP contribution in [0, 0.1) is 0 Å². The van der Waals surface area contributed by atoms with Crippen LogP contribution >= 0.6 is 0 Å². The number of aromatic hydroxyl groups is 1. The van der Waals surface area contributed by atoms with Crippen LogP contribution in [-0.2, 0) is 0 Å². The summed E-state index contributed by atoms with van der Waals surface area (Å²) in [5.74, 6) is -0.269. The number of anilines is 1. The van der Waals surface area contributed by atoms with Gasteiger partial charge >= 0.3 is 0 Å². The van der Waals surface area contributed by atoms with Crippen molar-refractivity contribution in [1.82, 2.24) is 0 Å². The smallest absolute Gasteiger partial charge is 0.291 e. The van der Waals surface area contributed by atoms with Crippen LogP contribution in [0.1, 0.15) is 0 Å². The minimum atomic E-state index is -0.456. The Bertz CT molecular complexity index is 252. The summed E-state index contributed by atoms with van der Waals surface area (Å²) in [6, 6.07) is 0. The van der Waals surface area contributed by atoms with Crippen molar-refractivity contribution in [3.63, 3.8) is 0 Å². The van der Waals surface area contributed by atoms with Gasteiger partial charge in [-0.3, -0.25) is 4.79 Å². The second-order valence-electron chi connectivity index (χ2n) is 1.51. The van der Waals surface area contributed by atoms with Crippen LogP contribution in [-0.4, -0.2) is 5.11 Å². The van der Waals surface area contributed by atoms with Crippen LogP contribution in [0.15, 0.2) is 4.79 Å². The Hall–Kier alpha value is -1.32. The summed E-state index contributed by atoms with van der Waals surface area (Å²) in [6.07, 6.45) is 0. The zero-order valence-corrected chi connectivity index (χ0v) is 4.01. The number of nitrogen functional groups attached to an aromatic ring is 1. The summed E-state index contributed by atoms with van der Waals surface area (Å²) in [4.78, 5) is 10.3. The quantitative estimate of drug-likeness (QED) is 0.332. The second-order valence-corrected chi connectivity index (χ2v) is 1.51. The predicted octanol–water partition coefficient (Wildman–Crippen LogP) is -3.13. The first-order valence-corrected chi connectivity index (χ1v) is 2.01. The minimum Gasteiger partial charge on any atom is -0.501 e. The molecule has 5 N–H and O–H groups in total.